The molecule has 0 radical (unpaired) electrons. The van der Waals surface area contributed by atoms with Crippen molar-refractivity contribution in [3.63, 3.8) is 0 Å². The molecule has 0 unspecified atom stereocenters. The smallest absolute Gasteiger partial charge is 0.188 e. The van der Waals surface area contributed by atoms with Crippen molar-refractivity contribution in [3.05, 3.63) is 11.6 Å². The van der Waals surface area contributed by atoms with Crippen LogP contribution in [0.5, 0.6) is 0 Å². The lowest BCUT2D eigenvalue weighted by Gasteiger charge is -2.16. The van der Waals surface area contributed by atoms with Gasteiger partial charge in [-0.2, -0.15) is 0 Å². The van der Waals surface area contributed by atoms with E-state index in [2.05, 4.69) is 16.4 Å². The van der Waals surface area contributed by atoms with E-state index in [0.717, 1.165) is 13.0 Å². The zero-order valence-corrected chi connectivity index (χ0v) is 11.5. The van der Waals surface area contributed by atoms with Gasteiger partial charge in [-0.1, -0.05) is 37.3 Å². The highest BCUT2D eigenvalue weighted by atomic mass is 15.1. The highest BCUT2D eigenvalue weighted by Crippen LogP contribution is 2.20. The molecule has 0 heterocycles. The van der Waals surface area contributed by atoms with Crippen molar-refractivity contribution in [1.82, 2.24) is 5.32 Å². The van der Waals surface area contributed by atoms with Gasteiger partial charge >= 0.3 is 0 Å². The molecule has 102 valence electrons. The standard InChI is InChI=1S/C15H27N3/c16-15(17-12-11-13-7-5-6-8-13)18-14-9-3-1-2-4-10-14/h7,14H,1-6,8-12H2,(H3,16,17,18). The molecule has 3 N–H and O–H groups in total. The van der Waals surface area contributed by atoms with Gasteiger partial charge in [0.05, 0.1) is 0 Å². The maximum atomic E-state index is 5.96. The van der Waals surface area contributed by atoms with Gasteiger partial charge in [-0.3, -0.25) is 4.99 Å². The summed E-state index contributed by atoms with van der Waals surface area (Å²) in [6.45, 7) is 0.845. The van der Waals surface area contributed by atoms with E-state index >= 15 is 0 Å². The number of guanidine groups is 1. The molecule has 18 heavy (non-hydrogen) atoms. The Balaban J connectivity index is 1.67. The lowest BCUT2D eigenvalue weighted by Crippen LogP contribution is -2.39. The Morgan fingerprint density at radius 2 is 2.00 bits per heavy atom. The monoisotopic (exact) mass is 249 g/mol. The second-order valence-corrected chi connectivity index (χ2v) is 5.60. The Bertz CT molecular complexity index is 299. The van der Waals surface area contributed by atoms with Gasteiger partial charge in [0.1, 0.15) is 0 Å². The van der Waals surface area contributed by atoms with Crippen LogP contribution < -0.4 is 11.1 Å². The number of rotatable bonds is 4. The first kappa shape index (κ1) is 13.4. The summed E-state index contributed by atoms with van der Waals surface area (Å²) in [7, 11) is 0. The summed E-state index contributed by atoms with van der Waals surface area (Å²) >= 11 is 0. The third-order valence-electron chi connectivity index (χ3n) is 4.06. The molecule has 0 aromatic heterocycles. The van der Waals surface area contributed by atoms with E-state index in [9.17, 15) is 0 Å². The molecule has 2 aliphatic rings. The summed E-state index contributed by atoms with van der Waals surface area (Å²) in [4.78, 5) is 4.45. The lowest BCUT2D eigenvalue weighted by molar-refractivity contribution is 0.530. The zero-order valence-electron chi connectivity index (χ0n) is 11.5. The fraction of sp³-hybridized carbons (Fsp3) is 0.800. The molecular formula is C15H27N3. The van der Waals surface area contributed by atoms with Crippen LogP contribution in [0.2, 0.25) is 0 Å². The molecule has 1 saturated carbocycles. The summed E-state index contributed by atoms with van der Waals surface area (Å²) in [5.74, 6) is 0.653. The summed E-state index contributed by atoms with van der Waals surface area (Å²) in [5.41, 5.74) is 7.53. The minimum absolute atomic E-state index is 0.557. The van der Waals surface area contributed by atoms with Gasteiger partial charge in [0.25, 0.3) is 0 Å². The van der Waals surface area contributed by atoms with Crippen LogP contribution in [0.25, 0.3) is 0 Å². The molecule has 0 aromatic carbocycles. The fourth-order valence-corrected chi connectivity index (χ4v) is 2.96. The van der Waals surface area contributed by atoms with Crippen LogP contribution in [0.3, 0.4) is 0 Å². The molecule has 1 fully saturated rings. The molecule has 0 bridgehead atoms. The number of aliphatic imine (C=N–C) groups is 1. The molecule has 2 rings (SSSR count). The zero-order chi connectivity index (χ0) is 12.6. The predicted molar refractivity (Wildman–Crippen MR) is 77.7 cm³/mol. The van der Waals surface area contributed by atoms with Gasteiger partial charge in [-0.15, -0.1) is 0 Å². The van der Waals surface area contributed by atoms with Crippen LogP contribution >= 0.6 is 0 Å². The quantitative estimate of drug-likeness (QED) is 0.348. The van der Waals surface area contributed by atoms with E-state index in [0.29, 0.717) is 12.0 Å². The normalized spacial score (nSPS) is 22.7. The predicted octanol–water partition coefficient (Wildman–Crippen LogP) is 3.11. The first-order valence-corrected chi connectivity index (χ1v) is 7.59. The van der Waals surface area contributed by atoms with Gasteiger partial charge in [-0.05, 0) is 38.5 Å². The highest BCUT2D eigenvalue weighted by molar-refractivity contribution is 5.78. The maximum Gasteiger partial charge on any atom is 0.188 e. The van der Waals surface area contributed by atoms with Crippen LogP contribution in [0.1, 0.15) is 64.2 Å². The molecule has 3 nitrogen and oxygen atoms in total. The topological polar surface area (TPSA) is 50.4 Å². The van der Waals surface area contributed by atoms with Gasteiger partial charge in [0.15, 0.2) is 5.96 Å². The molecule has 0 atom stereocenters. The average Bonchev–Trinajstić information content (AvgIpc) is 2.74. The van der Waals surface area contributed by atoms with E-state index in [1.165, 1.54) is 57.8 Å². The summed E-state index contributed by atoms with van der Waals surface area (Å²) in [6.07, 6.45) is 15.2. The highest BCUT2D eigenvalue weighted by Gasteiger charge is 2.12. The Labute approximate surface area is 111 Å². The average molecular weight is 249 g/mol. The van der Waals surface area contributed by atoms with Crippen molar-refractivity contribution in [2.24, 2.45) is 10.7 Å². The number of nitrogens with one attached hydrogen (secondary N) is 1. The van der Waals surface area contributed by atoms with E-state index in [1.54, 1.807) is 5.57 Å². The Hall–Kier alpha value is -0.990. The third kappa shape index (κ3) is 4.71. The van der Waals surface area contributed by atoms with Crippen molar-refractivity contribution in [3.8, 4) is 0 Å². The molecule has 3 heteroatoms. The van der Waals surface area contributed by atoms with Crippen molar-refractivity contribution in [2.75, 3.05) is 6.54 Å². The Morgan fingerprint density at radius 1 is 1.22 bits per heavy atom. The summed E-state index contributed by atoms with van der Waals surface area (Å²) in [6, 6.07) is 0.557. The first-order chi connectivity index (χ1) is 8.84. The molecule has 0 amide bonds. The van der Waals surface area contributed by atoms with Crippen molar-refractivity contribution in [2.45, 2.75) is 70.3 Å². The van der Waals surface area contributed by atoms with E-state index in [4.69, 9.17) is 5.73 Å². The summed E-state index contributed by atoms with van der Waals surface area (Å²) in [5, 5.41) is 3.39. The van der Waals surface area contributed by atoms with Crippen LogP contribution in [-0.2, 0) is 0 Å². The number of hydrogen-bond donors (Lipinski definition) is 2. The number of hydrogen-bond acceptors (Lipinski definition) is 1. The second kappa shape index (κ2) is 7.45. The fourth-order valence-electron chi connectivity index (χ4n) is 2.96. The Morgan fingerprint density at radius 3 is 2.67 bits per heavy atom. The largest absolute Gasteiger partial charge is 0.370 e. The lowest BCUT2D eigenvalue weighted by atomic mass is 10.1. The molecule has 0 aromatic rings. The van der Waals surface area contributed by atoms with Gasteiger partial charge < -0.3 is 11.1 Å². The van der Waals surface area contributed by atoms with Gasteiger partial charge in [0.2, 0.25) is 0 Å². The second-order valence-electron chi connectivity index (χ2n) is 5.60. The van der Waals surface area contributed by atoms with E-state index < -0.39 is 0 Å². The van der Waals surface area contributed by atoms with Crippen molar-refractivity contribution in [1.29, 1.82) is 0 Å². The number of nitrogens with zero attached hydrogens (tertiary/aromatic N) is 1. The SMILES string of the molecule is NC(=NCCC1=CCCC1)NC1CCCCCC1. The maximum absolute atomic E-state index is 5.96. The van der Waals surface area contributed by atoms with Crippen LogP contribution in [0.15, 0.2) is 16.6 Å². The van der Waals surface area contributed by atoms with Crippen molar-refractivity contribution < 1.29 is 0 Å². The van der Waals surface area contributed by atoms with Gasteiger partial charge in [-0.25, -0.2) is 0 Å². The number of nitrogens with two attached hydrogens (primary N) is 1. The van der Waals surface area contributed by atoms with Crippen LogP contribution in [-0.4, -0.2) is 18.5 Å². The third-order valence-corrected chi connectivity index (χ3v) is 4.06. The van der Waals surface area contributed by atoms with Gasteiger partial charge in [0, 0.05) is 12.6 Å². The van der Waals surface area contributed by atoms with Crippen LogP contribution in [0, 0.1) is 0 Å². The number of allylic oxidation sites excluding steroid dienone is 1. The molecule has 2 aliphatic carbocycles. The Kier molecular flexibility index (Phi) is 5.56. The summed E-state index contributed by atoms with van der Waals surface area (Å²) < 4.78 is 0. The minimum Gasteiger partial charge on any atom is -0.370 e. The van der Waals surface area contributed by atoms with Crippen molar-refractivity contribution >= 4 is 5.96 Å². The van der Waals surface area contributed by atoms with E-state index in [-0.39, 0.29) is 0 Å². The van der Waals surface area contributed by atoms with E-state index in [1.807, 2.05) is 0 Å². The molecule has 0 saturated heterocycles. The first-order valence-electron chi connectivity index (χ1n) is 7.59. The van der Waals surface area contributed by atoms with Crippen LogP contribution in [0.4, 0.5) is 0 Å². The minimum atomic E-state index is 0.557. The molecule has 0 spiro atoms. The molecule has 0 aliphatic heterocycles. The molecular weight excluding hydrogens is 222 g/mol.